The topological polar surface area (TPSA) is 55.1 Å². The van der Waals surface area contributed by atoms with Crippen LogP contribution in [0, 0.1) is 30.4 Å². The molecule has 1 aliphatic carbocycles. The quantitative estimate of drug-likeness (QED) is 0.328. The van der Waals surface area contributed by atoms with Gasteiger partial charge in [-0.05, 0) is 111 Å². The molecule has 0 saturated heterocycles. The molecule has 3 aromatic rings. The summed E-state index contributed by atoms with van der Waals surface area (Å²) in [6.45, 7) is 5.10. The molecule has 3 N–H and O–H groups in total. The van der Waals surface area contributed by atoms with E-state index in [1.807, 2.05) is 12.1 Å². The molecule has 0 unspecified atom stereocenters. The molecule has 3 aromatic carbocycles. The van der Waals surface area contributed by atoms with E-state index >= 15 is 0 Å². The third-order valence-corrected chi connectivity index (χ3v) is 6.63. The third-order valence-electron chi connectivity index (χ3n) is 6.39. The van der Waals surface area contributed by atoms with Gasteiger partial charge in [0.25, 0.3) is 0 Å². The molecule has 0 atom stereocenters. The van der Waals surface area contributed by atoms with Gasteiger partial charge in [0.15, 0.2) is 0 Å². The first kappa shape index (κ1) is 26.9. The zero-order chi connectivity index (χ0) is 26.7. The summed E-state index contributed by atoms with van der Waals surface area (Å²) in [6, 6.07) is 14.0. The van der Waals surface area contributed by atoms with E-state index < -0.39 is 11.4 Å². The van der Waals surface area contributed by atoms with Crippen LogP contribution >= 0.6 is 11.6 Å². The monoisotopic (exact) mass is 520 g/mol. The van der Waals surface area contributed by atoms with Crippen molar-refractivity contribution >= 4 is 23.2 Å². The van der Waals surface area contributed by atoms with E-state index in [0.717, 1.165) is 35.1 Å². The molecule has 4 rings (SSSR count). The molecular formula is C31H31ClF2N2O. The zero-order valence-corrected chi connectivity index (χ0v) is 22.1. The first-order chi connectivity index (χ1) is 17.5. The van der Waals surface area contributed by atoms with Gasteiger partial charge in [0.05, 0.1) is 11.1 Å². The van der Waals surface area contributed by atoms with Crippen molar-refractivity contribution in [3.63, 3.8) is 0 Å². The van der Waals surface area contributed by atoms with E-state index in [4.69, 9.17) is 17.3 Å². The number of benzene rings is 3. The number of aryl methyl sites for hydroxylation is 1. The minimum absolute atomic E-state index is 0.203. The van der Waals surface area contributed by atoms with E-state index in [0.29, 0.717) is 35.0 Å². The Morgan fingerprint density at radius 1 is 1.11 bits per heavy atom. The number of hydrogen-bond donors (Lipinski definition) is 2. The number of rotatable bonds is 7. The van der Waals surface area contributed by atoms with Gasteiger partial charge in [-0.3, -0.25) is 4.79 Å². The Kier molecular flexibility index (Phi) is 8.02. The Balaban J connectivity index is 1.44. The maximum absolute atomic E-state index is 14.8. The maximum Gasteiger partial charge on any atom is 0.224 e. The Morgan fingerprint density at radius 3 is 2.57 bits per heavy atom. The Hall–Kier alpha value is -3.20. The van der Waals surface area contributed by atoms with Crippen LogP contribution in [-0.4, -0.2) is 11.4 Å². The number of anilines is 1. The molecule has 1 fully saturated rings. The number of carbonyl (C=O) groups is 1. The second-order valence-corrected chi connectivity index (χ2v) is 10.8. The van der Waals surface area contributed by atoms with Gasteiger partial charge < -0.3 is 11.1 Å². The number of nitrogens with two attached hydrogens (primary N) is 1. The molecule has 0 aliphatic heterocycles. The Morgan fingerprint density at radius 2 is 1.86 bits per heavy atom. The molecule has 37 heavy (non-hydrogen) atoms. The van der Waals surface area contributed by atoms with Crippen LogP contribution in [0.25, 0.3) is 0 Å². The van der Waals surface area contributed by atoms with Gasteiger partial charge in [0, 0.05) is 22.7 Å². The molecule has 192 valence electrons. The standard InChI is InChI=1S/C31H31ClF2N2O/c1-19-28(10-7-23(30(19)34)12-13-31(2,3)35)36-29(37)11-8-22-6-9-26(32)17-24(22)14-20-15-25(21-4-5-21)18-27(33)16-20/h6-7,9-10,15-18,21H,4-5,8,11,14,35H2,1-3H3,(H,36,37). The van der Waals surface area contributed by atoms with Crippen molar-refractivity contribution < 1.29 is 13.6 Å². The lowest BCUT2D eigenvalue weighted by atomic mass is 9.95. The summed E-state index contributed by atoms with van der Waals surface area (Å²) in [4.78, 5) is 12.7. The zero-order valence-electron chi connectivity index (χ0n) is 21.4. The summed E-state index contributed by atoms with van der Waals surface area (Å²) >= 11 is 6.26. The molecule has 0 heterocycles. The van der Waals surface area contributed by atoms with Crippen molar-refractivity contribution in [1.29, 1.82) is 0 Å². The molecule has 1 aliphatic rings. The van der Waals surface area contributed by atoms with E-state index in [1.165, 1.54) is 0 Å². The van der Waals surface area contributed by atoms with Crippen LogP contribution in [0.15, 0.2) is 48.5 Å². The number of halogens is 3. The number of hydrogen-bond acceptors (Lipinski definition) is 2. The lowest BCUT2D eigenvalue weighted by molar-refractivity contribution is -0.116. The fourth-order valence-corrected chi connectivity index (χ4v) is 4.45. The highest BCUT2D eigenvalue weighted by molar-refractivity contribution is 6.30. The van der Waals surface area contributed by atoms with Crippen molar-refractivity contribution in [3.05, 3.63) is 98.6 Å². The molecule has 0 spiro atoms. The normalized spacial score (nSPS) is 13.2. The van der Waals surface area contributed by atoms with Crippen molar-refractivity contribution in [1.82, 2.24) is 0 Å². The Labute approximate surface area is 222 Å². The van der Waals surface area contributed by atoms with Gasteiger partial charge >= 0.3 is 0 Å². The molecule has 3 nitrogen and oxygen atoms in total. The summed E-state index contributed by atoms with van der Waals surface area (Å²) in [5.74, 6) is 5.11. The summed E-state index contributed by atoms with van der Waals surface area (Å²) < 4.78 is 29.0. The highest BCUT2D eigenvalue weighted by Crippen LogP contribution is 2.40. The van der Waals surface area contributed by atoms with E-state index in [9.17, 15) is 13.6 Å². The highest BCUT2D eigenvalue weighted by atomic mass is 35.5. The summed E-state index contributed by atoms with van der Waals surface area (Å²) in [5.41, 5.74) is 9.95. The Bertz CT molecular complexity index is 1390. The number of amides is 1. The minimum Gasteiger partial charge on any atom is -0.326 e. The minimum atomic E-state index is -0.734. The van der Waals surface area contributed by atoms with E-state index in [2.05, 4.69) is 23.2 Å². The van der Waals surface area contributed by atoms with Crippen LogP contribution in [0.3, 0.4) is 0 Å². The average Bonchev–Trinajstić information content (AvgIpc) is 3.66. The molecule has 1 amide bonds. The molecule has 1 saturated carbocycles. The molecule has 0 radical (unpaired) electrons. The van der Waals surface area contributed by atoms with Crippen LogP contribution in [0.5, 0.6) is 0 Å². The largest absolute Gasteiger partial charge is 0.326 e. The maximum atomic E-state index is 14.8. The fourth-order valence-electron chi connectivity index (χ4n) is 4.26. The molecule has 0 aromatic heterocycles. The SMILES string of the molecule is Cc1c(NC(=O)CCc2ccc(Cl)cc2Cc2cc(F)cc(C3CC3)c2)ccc(C#CC(C)(C)N)c1F. The van der Waals surface area contributed by atoms with Gasteiger partial charge in [-0.25, -0.2) is 8.78 Å². The highest BCUT2D eigenvalue weighted by Gasteiger charge is 2.24. The molecule has 6 heteroatoms. The number of nitrogens with one attached hydrogen (secondary N) is 1. The first-order valence-electron chi connectivity index (χ1n) is 12.5. The van der Waals surface area contributed by atoms with Crippen LogP contribution in [0.1, 0.15) is 72.4 Å². The fraction of sp³-hybridized carbons (Fsp3) is 0.323. The van der Waals surface area contributed by atoms with Gasteiger partial charge in [-0.15, -0.1) is 0 Å². The smallest absolute Gasteiger partial charge is 0.224 e. The molecular weight excluding hydrogens is 490 g/mol. The van der Waals surface area contributed by atoms with Gasteiger partial charge in [-0.1, -0.05) is 35.6 Å². The number of carbonyl (C=O) groups excluding carboxylic acids is 1. The second-order valence-electron chi connectivity index (χ2n) is 10.4. The van der Waals surface area contributed by atoms with E-state index in [1.54, 1.807) is 51.1 Å². The van der Waals surface area contributed by atoms with Gasteiger partial charge in [-0.2, -0.15) is 0 Å². The van der Waals surface area contributed by atoms with Crippen LogP contribution in [0.2, 0.25) is 5.02 Å². The summed E-state index contributed by atoms with van der Waals surface area (Å²) in [5, 5.41) is 3.40. The van der Waals surface area contributed by atoms with Crippen LogP contribution in [0.4, 0.5) is 14.5 Å². The lowest BCUT2D eigenvalue weighted by Gasteiger charge is -2.13. The summed E-state index contributed by atoms with van der Waals surface area (Å²) in [6.07, 6.45) is 3.41. The third kappa shape index (κ3) is 7.41. The average molecular weight is 521 g/mol. The van der Waals surface area contributed by atoms with Crippen LogP contribution < -0.4 is 11.1 Å². The summed E-state index contributed by atoms with van der Waals surface area (Å²) in [7, 11) is 0. The van der Waals surface area contributed by atoms with E-state index in [-0.39, 0.29) is 23.7 Å². The first-order valence-corrected chi connectivity index (χ1v) is 12.8. The van der Waals surface area contributed by atoms with Gasteiger partial charge in [0.2, 0.25) is 5.91 Å². The van der Waals surface area contributed by atoms with Crippen LogP contribution in [-0.2, 0) is 17.6 Å². The predicted octanol–water partition coefficient (Wildman–Crippen LogP) is 7.05. The predicted molar refractivity (Wildman–Crippen MR) is 146 cm³/mol. The van der Waals surface area contributed by atoms with Crippen molar-refractivity contribution in [2.45, 2.75) is 64.3 Å². The lowest BCUT2D eigenvalue weighted by Crippen LogP contribution is -2.29. The second kappa shape index (κ2) is 11.0. The molecule has 0 bridgehead atoms. The van der Waals surface area contributed by atoms with Crippen molar-refractivity contribution in [3.8, 4) is 11.8 Å². The van der Waals surface area contributed by atoms with Gasteiger partial charge in [0.1, 0.15) is 11.6 Å². The van der Waals surface area contributed by atoms with Crippen molar-refractivity contribution in [2.24, 2.45) is 5.73 Å². The van der Waals surface area contributed by atoms with Crippen molar-refractivity contribution in [2.75, 3.05) is 5.32 Å².